The average Bonchev–Trinajstić information content (AvgIpc) is 2.83. The van der Waals surface area contributed by atoms with Gasteiger partial charge in [-0.3, -0.25) is 0 Å². The summed E-state index contributed by atoms with van der Waals surface area (Å²) in [5, 5.41) is 36.5. The van der Waals surface area contributed by atoms with Crippen LogP contribution in [-0.2, 0) is 16.5 Å². The molecule has 0 bridgehead atoms. The van der Waals surface area contributed by atoms with E-state index in [2.05, 4.69) is 9.98 Å². The van der Waals surface area contributed by atoms with E-state index in [9.17, 15) is 10.2 Å². The van der Waals surface area contributed by atoms with Gasteiger partial charge < -0.3 is 21.7 Å². The molecule has 0 heterocycles. The number of hydrogen-bond acceptors (Lipinski definition) is 6. The Morgan fingerprint density at radius 1 is 0.600 bits per heavy atom. The van der Waals surface area contributed by atoms with E-state index in [1.165, 1.54) is 0 Å². The summed E-state index contributed by atoms with van der Waals surface area (Å²) in [5.74, 6) is -1.50. The molecule has 2 aromatic carbocycles. The number of nitrogens with zero attached hydrogens (tertiary/aromatic N) is 2. The molecule has 0 aliphatic heterocycles. The molecule has 0 atom stereocenters. The number of aliphatic imine (C=N–C) groups is 2. The molecule has 0 radical (unpaired) electrons. The van der Waals surface area contributed by atoms with Crippen LogP contribution in [0, 0.1) is 0 Å². The van der Waals surface area contributed by atoms with Crippen LogP contribution in [0.4, 0.5) is 22.7 Å². The molecule has 8 N–H and O–H groups in total. The second-order valence-corrected chi connectivity index (χ2v) is 7.03. The van der Waals surface area contributed by atoms with E-state index in [-0.39, 0.29) is 27.6 Å². The van der Waals surface area contributed by atoms with Crippen molar-refractivity contribution in [2.75, 3.05) is 11.5 Å². The Bertz CT molecular complexity index is 1210. The van der Waals surface area contributed by atoms with Gasteiger partial charge in [-0.15, -0.1) is 0 Å². The van der Waals surface area contributed by atoms with Gasteiger partial charge in [0, 0.05) is 0 Å². The summed E-state index contributed by atoms with van der Waals surface area (Å²) < 4.78 is 0. The Hall–Kier alpha value is -4.49. The molecule has 0 saturated heterocycles. The van der Waals surface area contributed by atoms with E-state index in [1.54, 1.807) is 72.9 Å². The summed E-state index contributed by atoms with van der Waals surface area (Å²) >= 11 is 0. The van der Waals surface area contributed by atoms with Gasteiger partial charge in [-0.1, -0.05) is 48.6 Å². The summed E-state index contributed by atoms with van der Waals surface area (Å²) in [4.78, 5) is 8.59. The molecular formula is C26H24N4NiO4+2. The number of nitrogens with two attached hydrogens (primary N) is 2. The van der Waals surface area contributed by atoms with E-state index < -0.39 is 11.9 Å². The van der Waals surface area contributed by atoms with E-state index in [4.69, 9.17) is 21.7 Å². The molecule has 0 unspecified atom stereocenters. The minimum atomic E-state index is -0.751. The third-order valence-corrected chi connectivity index (χ3v) is 4.65. The fraction of sp³-hybridized carbons (Fsp3) is 0. The Balaban J connectivity index is 0.000000240. The Morgan fingerprint density at radius 3 is 1.29 bits per heavy atom. The second-order valence-electron chi connectivity index (χ2n) is 7.03. The average molecular weight is 515 g/mol. The van der Waals surface area contributed by atoms with Crippen molar-refractivity contribution in [1.82, 2.24) is 0 Å². The maximum atomic E-state index is 11.1. The van der Waals surface area contributed by atoms with Crippen LogP contribution in [0.1, 0.15) is 0 Å². The zero-order valence-corrected chi connectivity index (χ0v) is 19.4. The number of anilines is 2. The number of nitrogen functional groups attached to an aromatic ring is 2. The molecular weight excluding hydrogens is 491 g/mol. The Kier molecular flexibility index (Phi) is 9.69. The zero-order chi connectivity index (χ0) is 24.5. The van der Waals surface area contributed by atoms with Gasteiger partial charge in [0.05, 0.1) is 45.3 Å². The van der Waals surface area contributed by atoms with Crippen molar-refractivity contribution in [3.05, 3.63) is 120 Å². The first-order chi connectivity index (χ1) is 16.4. The van der Waals surface area contributed by atoms with Gasteiger partial charge in [0.15, 0.2) is 0 Å². The molecule has 8 nitrogen and oxygen atoms in total. The summed E-state index contributed by atoms with van der Waals surface area (Å²) in [6, 6.07) is 14.3. The van der Waals surface area contributed by atoms with E-state index in [0.717, 1.165) is 0 Å². The standard InChI is InChI=1S/2C13H12N2O2.Ni/c2*14-10-6-2-4-8-12(10)15-11-7-3-1-5-9(11)13(16)17;/h2*1-8,16-17H,14H2;/q;;+2. The van der Waals surface area contributed by atoms with E-state index >= 15 is 0 Å². The summed E-state index contributed by atoms with van der Waals surface area (Å²) in [6.07, 6.45) is 13.5. The van der Waals surface area contributed by atoms with Crippen LogP contribution in [0.25, 0.3) is 0 Å². The van der Waals surface area contributed by atoms with Gasteiger partial charge in [-0.25, -0.2) is 20.2 Å². The molecule has 4 rings (SSSR count). The van der Waals surface area contributed by atoms with Crippen LogP contribution in [0.2, 0.25) is 0 Å². The minimum Gasteiger partial charge on any atom is -0.615 e. The van der Waals surface area contributed by atoms with Gasteiger partial charge >= 0.3 is 28.4 Å². The molecule has 9 heteroatoms. The first-order valence-electron chi connectivity index (χ1n) is 10.2. The van der Waals surface area contributed by atoms with Crippen molar-refractivity contribution in [3.63, 3.8) is 0 Å². The van der Waals surface area contributed by atoms with Crippen molar-refractivity contribution in [1.29, 1.82) is 0 Å². The van der Waals surface area contributed by atoms with E-state index in [1.807, 2.05) is 24.3 Å². The molecule has 35 heavy (non-hydrogen) atoms. The van der Waals surface area contributed by atoms with Gasteiger partial charge in [0.1, 0.15) is 0 Å². The van der Waals surface area contributed by atoms with Gasteiger partial charge in [-0.05, 0) is 48.6 Å². The molecule has 0 amide bonds. The van der Waals surface area contributed by atoms with Gasteiger partial charge in [-0.2, -0.15) is 0 Å². The van der Waals surface area contributed by atoms with Crippen molar-refractivity contribution in [2.45, 2.75) is 0 Å². The van der Waals surface area contributed by atoms with Crippen LogP contribution in [0.3, 0.4) is 0 Å². The monoisotopic (exact) mass is 514 g/mol. The number of benzene rings is 2. The third-order valence-electron chi connectivity index (χ3n) is 4.65. The number of para-hydroxylation sites is 4. The van der Waals surface area contributed by atoms with E-state index in [0.29, 0.717) is 34.2 Å². The molecule has 0 saturated carbocycles. The largest absolute Gasteiger partial charge is 2.00 e. The van der Waals surface area contributed by atoms with Gasteiger partial charge in [0.25, 0.3) is 0 Å². The second kappa shape index (κ2) is 12.7. The van der Waals surface area contributed by atoms with Crippen molar-refractivity contribution >= 4 is 34.2 Å². The first-order valence-corrected chi connectivity index (χ1v) is 10.2. The van der Waals surface area contributed by atoms with Crippen molar-refractivity contribution in [3.8, 4) is 0 Å². The normalized spacial score (nSPS) is 19.1. The van der Waals surface area contributed by atoms with Crippen molar-refractivity contribution < 1.29 is 36.9 Å². The molecule has 2 aliphatic carbocycles. The van der Waals surface area contributed by atoms with Crippen LogP contribution in [0.5, 0.6) is 0 Å². The number of allylic oxidation sites excluding steroid dienone is 10. The topological polar surface area (TPSA) is 169 Å². The van der Waals surface area contributed by atoms with Gasteiger partial charge in [0.2, 0.25) is 0 Å². The maximum absolute atomic E-state index is 11.1. The summed E-state index contributed by atoms with van der Waals surface area (Å²) in [5.41, 5.74) is 15.3. The molecule has 0 aromatic heterocycles. The molecule has 2 aromatic rings. The first kappa shape index (κ1) is 26.8. The fourth-order valence-electron chi connectivity index (χ4n) is 2.96. The Morgan fingerprint density at radius 2 is 0.943 bits per heavy atom. The third kappa shape index (κ3) is 7.25. The predicted molar refractivity (Wildman–Crippen MR) is 134 cm³/mol. The molecule has 0 fully saturated rings. The maximum Gasteiger partial charge on any atom is 2.00 e. The summed E-state index contributed by atoms with van der Waals surface area (Å²) in [7, 11) is 0. The van der Waals surface area contributed by atoms with Crippen LogP contribution < -0.4 is 21.7 Å². The fourth-order valence-corrected chi connectivity index (χ4v) is 2.96. The summed E-state index contributed by atoms with van der Waals surface area (Å²) in [6.45, 7) is 0. The van der Waals surface area contributed by atoms with Crippen molar-refractivity contribution in [2.24, 2.45) is 9.98 Å². The molecule has 180 valence electrons. The number of hydrogen-bond donors (Lipinski definition) is 2. The Labute approximate surface area is 212 Å². The quantitative estimate of drug-likeness (QED) is 0.268. The van der Waals surface area contributed by atoms with Crippen LogP contribution in [0.15, 0.2) is 130 Å². The molecule has 2 aliphatic rings. The molecule has 0 spiro atoms. The van der Waals surface area contributed by atoms with Crippen LogP contribution in [-0.4, -0.2) is 21.6 Å². The predicted octanol–water partition coefficient (Wildman–Crippen LogP) is 1.53. The number of rotatable bonds is 2. The zero-order valence-electron chi connectivity index (χ0n) is 18.4. The minimum absolute atomic E-state index is 0. The van der Waals surface area contributed by atoms with Crippen LogP contribution >= 0.6 is 0 Å². The smallest absolute Gasteiger partial charge is 0.615 e. The SMILES string of the molecule is Nc1ccccc1N=C1C=CC=C/C1=C(/[O-])[OH2+].Nc1ccccc1N=C1C=CC=C/C1=C(/[O-])[OH2+].[Ni+2].